The first-order valence-corrected chi connectivity index (χ1v) is 17.4. The standard InChI is InChI=1S/C38H48FN3O8/c1-38(2,3)50-37(46)41-30(23-39)25-11-13-26(14-12-25)35(44)42-18-17-29(24-9-6-5-7-10-24)33(42)34(43)40-28-15-16-31-27(21-28)22-32(49-31)36(45)48-20-8-19-47-4/h5-7,9-10,15-16,21-22,25-26,29-30,33H,8,11-14,17-20,23H2,1-4H3,(H,40,43)(H,41,46)/t25?,26?,29-,30+,33-/m0/s1. The zero-order valence-corrected chi connectivity index (χ0v) is 29.2. The molecule has 5 rings (SSSR count). The van der Waals surface area contributed by atoms with Gasteiger partial charge >= 0.3 is 12.1 Å². The third-order valence-corrected chi connectivity index (χ3v) is 9.45. The molecule has 11 nitrogen and oxygen atoms in total. The first-order valence-electron chi connectivity index (χ1n) is 17.4. The molecule has 1 saturated heterocycles. The average Bonchev–Trinajstić information content (AvgIpc) is 3.73. The number of carbonyl (C=O) groups is 4. The number of esters is 1. The lowest BCUT2D eigenvalue weighted by Crippen LogP contribution is -2.49. The van der Waals surface area contributed by atoms with Crippen molar-refractivity contribution in [3.05, 3.63) is 65.9 Å². The van der Waals surface area contributed by atoms with Crippen LogP contribution in [0.4, 0.5) is 14.9 Å². The predicted octanol–water partition coefficient (Wildman–Crippen LogP) is 6.62. The molecule has 12 heteroatoms. The molecule has 1 aliphatic carbocycles. The predicted molar refractivity (Wildman–Crippen MR) is 186 cm³/mol. The first-order chi connectivity index (χ1) is 24.0. The molecule has 2 N–H and O–H groups in total. The van der Waals surface area contributed by atoms with Crippen molar-refractivity contribution in [1.82, 2.24) is 10.2 Å². The molecule has 0 bridgehead atoms. The highest BCUT2D eigenvalue weighted by Crippen LogP contribution is 2.39. The molecule has 0 spiro atoms. The monoisotopic (exact) mass is 693 g/mol. The van der Waals surface area contributed by atoms with Gasteiger partial charge in [0.15, 0.2) is 0 Å². The molecule has 3 aromatic rings. The number of amides is 3. The number of ether oxygens (including phenoxy) is 3. The second-order valence-electron chi connectivity index (χ2n) is 14.1. The number of rotatable bonds is 12. The van der Waals surface area contributed by atoms with E-state index >= 15 is 0 Å². The number of furan rings is 1. The van der Waals surface area contributed by atoms with E-state index < -0.39 is 36.4 Å². The summed E-state index contributed by atoms with van der Waals surface area (Å²) in [5, 5.41) is 6.31. The fourth-order valence-electron chi connectivity index (χ4n) is 7.03. The van der Waals surface area contributed by atoms with Crippen molar-refractivity contribution >= 4 is 40.5 Å². The number of nitrogens with one attached hydrogen (secondary N) is 2. The Hall–Kier alpha value is -4.45. The van der Waals surface area contributed by atoms with Crippen LogP contribution in [0.1, 0.15) is 81.3 Å². The summed E-state index contributed by atoms with van der Waals surface area (Å²) in [4.78, 5) is 54.7. The van der Waals surface area contributed by atoms with E-state index in [1.165, 1.54) is 0 Å². The SMILES string of the molecule is COCCCOC(=O)c1cc2cc(NC(=O)[C@@H]3[C@H](c4ccccc4)CCN3C(=O)C3CCC([C@@H](CF)NC(=O)OC(C)(C)C)CC3)ccc2o1. The molecular formula is C38H48FN3O8. The summed E-state index contributed by atoms with van der Waals surface area (Å²) >= 11 is 0. The Morgan fingerprint density at radius 1 is 0.980 bits per heavy atom. The van der Waals surface area contributed by atoms with Gasteiger partial charge in [0.1, 0.15) is 23.9 Å². The minimum absolute atomic E-state index is 0.0609. The van der Waals surface area contributed by atoms with Crippen molar-refractivity contribution in [2.75, 3.05) is 38.9 Å². The number of methoxy groups -OCH3 is 1. The van der Waals surface area contributed by atoms with Crippen LogP contribution in [0.5, 0.6) is 0 Å². The van der Waals surface area contributed by atoms with Gasteiger partial charge in [-0.2, -0.15) is 0 Å². The van der Waals surface area contributed by atoms with Crippen molar-refractivity contribution in [3.8, 4) is 0 Å². The summed E-state index contributed by atoms with van der Waals surface area (Å²) in [5.41, 5.74) is 1.26. The van der Waals surface area contributed by atoms with E-state index in [1.807, 2.05) is 30.3 Å². The number of nitrogens with zero attached hydrogens (tertiary/aromatic N) is 1. The molecule has 2 aromatic carbocycles. The minimum Gasteiger partial charge on any atom is -0.460 e. The van der Waals surface area contributed by atoms with E-state index in [0.29, 0.717) is 68.3 Å². The summed E-state index contributed by atoms with van der Waals surface area (Å²) < 4.78 is 35.3. The van der Waals surface area contributed by atoms with Crippen molar-refractivity contribution < 1.29 is 42.2 Å². The van der Waals surface area contributed by atoms with E-state index in [0.717, 1.165) is 5.56 Å². The third-order valence-electron chi connectivity index (χ3n) is 9.45. The number of benzene rings is 2. The quantitative estimate of drug-likeness (QED) is 0.160. The lowest BCUT2D eigenvalue weighted by molar-refractivity contribution is -0.141. The Morgan fingerprint density at radius 3 is 2.40 bits per heavy atom. The largest absolute Gasteiger partial charge is 0.460 e. The van der Waals surface area contributed by atoms with Gasteiger partial charge in [-0.05, 0) is 88.6 Å². The van der Waals surface area contributed by atoms with Crippen molar-refractivity contribution in [3.63, 3.8) is 0 Å². The van der Waals surface area contributed by atoms with E-state index in [4.69, 9.17) is 18.6 Å². The van der Waals surface area contributed by atoms with Crippen molar-refractivity contribution in [2.45, 2.75) is 82.9 Å². The highest BCUT2D eigenvalue weighted by atomic mass is 19.1. The van der Waals surface area contributed by atoms with Crippen LogP contribution >= 0.6 is 0 Å². The van der Waals surface area contributed by atoms with E-state index in [9.17, 15) is 23.6 Å². The number of hydrogen-bond donors (Lipinski definition) is 2. The number of fused-ring (bicyclic) bond motifs is 1. The van der Waals surface area contributed by atoms with E-state index in [-0.39, 0.29) is 41.9 Å². The smallest absolute Gasteiger partial charge is 0.407 e. The maximum atomic E-state index is 14.1. The third kappa shape index (κ3) is 9.21. The normalized spacial score (nSPS) is 21.4. The lowest BCUT2D eigenvalue weighted by Gasteiger charge is -2.36. The zero-order chi connectivity index (χ0) is 35.8. The Bertz CT molecular complexity index is 1630. The summed E-state index contributed by atoms with van der Waals surface area (Å²) in [7, 11) is 1.58. The van der Waals surface area contributed by atoms with Gasteiger partial charge in [-0.3, -0.25) is 9.59 Å². The molecule has 270 valence electrons. The Balaban J connectivity index is 1.27. The van der Waals surface area contributed by atoms with Gasteiger partial charge in [-0.1, -0.05) is 30.3 Å². The summed E-state index contributed by atoms with van der Waals surface area (Å²) in [6.07, 6.45) is 2.75. The summed E-state index contributed by atoms with van der Waals surface area (Å²) in [6.45, 7) is 5.65. The second kappa shape index (κ2) is 16.5. The van der Waals surface area contributed by atoms with Crippen LogP contribution in [0, 0.1) is 11.8 Å². The van der Waals surface area contributed by atoms with Gasteiger partial charge in [0, 0.05) is 49.6 Å². The van der Waals surface area contributed by atoms with Gasteiger partial charge in [-0.15, -0.1) is 0 Å². The van der Waals surface area contributed by atoms with E-state index in [1.54, 1.807) is 57.0 Å². The molecule has 2 aliphatic rings. The van der Waals surface area contributed by atoms with Crippen molar-refractivity contribution in [2.24, 2.45) is 11.8 Å². The molecule has 0 radical (unpaired) electrons. The second-order valence-corrected chi connectivity index (χ2v) is 14.1. The highest BCUT2D eigenvalue weighted by molar-refractivity contribution is 6.00. The number of alkyl halides is 1. The highest BCUT2D eigenvalue weighted by Gasteiger charge is 2.45. The van der Waals surface area contributed by atoms with Gasteiger partial charge in [0.25, 0.3) is 0 Å². The summed E-state index contributed by atoms with van der Waals surface area (Å²) in [5.74, 6) is -1.55. The van der Waals surface area contributed by atoms with Gasteiger partial charge in [0.05, 0.1) is 12.6 Å². The number of carbonyl (C=O) groups excluding carboxylic acids is 4. The number of halogens is 1. The maximum absolute atomic E-state index is 14.1. The number of anilines is 1. The maximum Gasteiger partial charge on any atom is 0.407 e. The van der Waals surface area contributed by atoms with Crippen molar-refractivity contribution in [1.29, 1.82) is 0 Å². The fraction of sp³-hybridized carbons (Fsp3) is 0.526. The molecule has 1 aromatic heterocycles. The number of hydrogen-bond acceptors (Lipinski definition) is 8. The molecule has 50 heavy (non-hydrogen) atoms. The molecule has 0 unspecified atom stereocenters. The molecular weight excluding hydrogens is 645 g/mol. The Kier molecular flexibility index (Phi) is 12.2. The zero-order valence-electron chi connectivity index (χ0n) is 29.2. The summed E-state index contributed by atoms with van der Waals surface area (Å²) in [6, 6.07) is 15.0. The minimum atomic E-state index is -0.743. The van der Waals surface area contributed by atoms with Crippen LogP contribution in [-0.2, 0) is 23.8 Å². The van der Waals surface area contributed by atoms with Gasteiger partial charge in [-0.25, -0.2) is 14.0 Å². The molecule has 3 atom stereocenters. The van der Waals surface area contributed by atoms with Crippen LogP contribution in [0.25, 0.3) is 11.0 Å². The van der Waals surface area contributed by atoms with Crippen LogP contribution in [0.2, 0.25) is 0 Å². The number of alkyl carbamates (subject to hydrolysis) is 1. The average molecular weight is 694 g/mol. The van der Waals surface area contributed by atoms with Crippen LogP contribution in [0.15, 0.2) is 59.0 Å². The van der Waals surface area contributed by atoms with Crippen LogP contribution in [-0.4, -0.2) is 80.0 Å². The van der Waals surface area contributed by atoms with E-state index in [2.05, 4.69) is 10.6 Å². The molecule has 2 fully saturated rings. The first kappa shape index (κ1) is 36.8. The molecule has 3 amide bonds. The number of likely N-dealkylation sites (tertiary alicyclic amines) is 1. The van der Waals surface area contributed by atoms with Gasteiger partial charge < -0.3 is 34.2 Å². The Morgan fingerprint density at radius 2 is 1.72 bits per heavy atom. The molecule has 1 aliphatic heterocycles. The Labute approximate surface area is 292 Å². The van der Waals surface area contributed by atoms with Crippen LogP contribution < -0.4 is 10.6 Å². The topological polar surface area (TPSA) is 136 Å². The van der Waals surface area contributed by atoms with Crippen LogP contribution in [0.3, 0.4) is 0 Å². The molecule has 2 heterocycles. The lowest BCUT2D eigenvalue weighted by atomic mass is 9.78. The van der Waals surface area contributed by atoms with Gasteiger partial charge in [0.2, 0.25) is 17.6 Å². The molecule has 1 saturated carbocycles. The fourth-order valence-corrected chi connectivity index (χ4v) is 7.03.